The summed E-state index contributed by atoms with van der Waals surface area (Å²) in [6.07, 6.45) is 1.84. The summed E-state index contributed by atoms with van der Waals surface area (Å²) in [6, 6.07) is 0. The zero-order valence-corrected chi connectivity index (χ0v) is 13.1. The van der Waals surface area contributed by atoms with Crippen LogP contribution in [0.1, 0.15) is 42.7 Å². The highest BCUT2D eigenvalue weighted by Gasteiger charge is 2.15. The second-order valence-electron chi connectivity index (χ2n) is 5.84. The van der Waals surface area contributed by atoms with Gasteiger partial charge in [-0.2, -0.15) is 5.10 Å². The lowest BCUT2D eigenvalue weighted by molar-refractivity contribution is 0.423. The van der Waals surface area contributed by atoms with E-state index in [9.17, 15) is 0 Å². The van der Waals surface area contributed by atoms with Crippen molar-refractivity contribution in [2.24, 2.45) is 0 Å². The maximum Gasteiger partial charge on any atom is 0.114 e. The molecule has 1 N–H and O–H groups in total. The first-order valence-electron chi connectivity index (χ1n) is 6.53. The van der Waals surface area contributed by atoms with E-state index >= 15 is 0 Å². The van der Waals surface area contributed by atoms with Crippen molar-refractivity contribution in [3.05, 3.63) is 33.5 Å². The van der Waals surface area contributed by atoms with E-state index in [0.29, 0.717) is 0 Å². The average molecular weight is 278 g/mol. The van der Waals surface area contributed by atoms with Gasteiger partial charge in [0, 0.05) is 34.9 Å². The molecule has 0 aromatic carbocycles. The first kappa shape index (κ1) is 14.2. The van der Waals surface area contributed by atoms with Gasteiger partial charge < -0.3 is 5.32 Å². The Bertz CT molecular complexity index is 535. The second-order valence-corrected chi connectivity index (χ2v) is 6.82. The van der Waals surface area contributed by atoms with Gasteiger partial charge in [-0.05, 0) is 34.6 Å². The fraction of sp³-hybridized carbons (Fsp3) is 0.571. The molecule has 0 amide bonds. The number of rotatable bonds is 4. The van der Waals surface area contributed by atoms with E-state index in [-0.39, 0.29) is 5.54 Å². The normalized spacial score (nSPS) is 12.1. The van der Waals surface area contributed by atoms with Crippen LogP contribution in [0, 0.1) is 13.8 Å². The molecule has 2 rings (SSSR count). The lowest BCUT2D eigenvalue weighted by Gasteiger charge is -2.20. The predicted molar refractivity (Wildman–Crippen MR) is 79.5 cm³/mol. The molecule has 4 nitrogen and oxygen atoms in total. The lowest BCUT2D eigenvalue weighted by Crippen LogP contribution is -2.35. The maximum atomic E-state index is 4.63. The molecule has 2 heterocycles. The molecule has 0 saturated carbocycles. The number of aromatic nitrogens is 3. The summed E-state index contributed by atoms with van der Waals surface area (Å²) < 4.78 is 2.05. The molecule has 0 aliphatic rings. The van der Waals surface area contributed by atoms with Crippen LogP contribution in [0.15, 0.2) is 11.6 Å². The Hall–Kier alpha value is -1.20. The maximum absolute atomic E-state index is 4.63. The third kappa shape index (κ3) is 3.64. The van der Waals surface area contributed by atoms with Gasteiger partial charge in [-0.25, -0.2) is 4.98 Å². The van der Waals surface area contributed by atoms with Crippen LogP contribution >= 0.6 is 11.3 Å². The van der Waals surface area contributed by atoms with E-state index in [1.165, 1.54) is 11.3 Å². The molecule has 2 aromatic heterocycles. The molecule has 0 radical (unpaired) electrons. The van der Waals surface area contributed by atoms with E-state index < -0.39 is 0 Å². The van der Waals surface area contributed by atoms with E-state index in [1.54, 1.807) is 11.3 Å². The summed E-state index contributed by atoms with van der Waals surface area (Å²) in [5, 5.41) is 11.3. The summed E-state index contributed by atoms with van der Waals surface area (Å²) >= 11 is 1.67. The molecule has 19 heavy (non-hydrogen) atoms. The Morgan fingerprint density at radius 1 is 1.32 bits per heavy atom. The molecule has 104 valence electrons. The first-order valence-corrected chi connectivity index (χ1v) is 7.41. The highest BCUT2D eigenvalue weighted by molar-refractivity contribution is 7.09. The van der Waals surface area contributed by atoms with Gasteiger partial charge in [-0.3, -0.25) is 4.68 Å². The standard InChI is InChI=1S/C14H22N4S/c1-10-12(8-16-14(3,4)5)11(2)18(17-10)9-13-15-6-7-19-13/h6-7,16H,8-9H2,1-5H3. The van der Waals surface area contributed by atoms with E-state index in [1.807, 2.05) is 16.3 Å². The fourth-order valence-corrected chi connectivity index (χ4v) is 2.55. The highest BCUT2D eigenvalue weighted by atomic mass is 32.1. The van der Waals surface area contributed by atoms with Crippen molar-refractivity contribution in [2.45, 2.75) is 53.2 Å². The minimum atomic E-state index is 0.121. The first-order chi connectivity index (χ1) is 8.87. The molecule has 0 spiro atoms. The van der Waals surface area contributed by atoms with Gasteiger partial charge in [-0.1, -0.05) is 0 Å². The van der Waals surface area contributed by atoms with Gasteiger partial charge in [-0.15, -0.1) is 11.3 Å². The van der Waals surface area contributed by atoms with Gasteiger partial charge in [0.05, 0.1) is 12.2 Å². The van der Waals surface area contributed by atoms with Crippen LogP contribution in [0.5, 0.6) is 0 Å². The number of hydrogen-bond donors (Lipinski definition) is 1. The molecule has 0 unspecified atom stereocenters. The monoisotopic (exact) mass is 278 g/mol. The van der Waals surface area contributed by atoms with E-state index in [4.69, 9.17) is 0 Å². The summed E-state index contributed by atoms with van der Waals surface area (Å²) in [4.78, 5) is 4.32. The molecule has 0 atom stereocenters. The van der Waals surface area contributed by atoms with Crippen molar-refractivity contribution < 1.29 is 0 Å². The van der Waals surface area contributed by atoms with E-state index in [0.717, 1.165) is 23.8 Å². The Morgan fingerprint density at radius 3 is 2.63 bits per heavy atom. The van der Waals surface area contributed by atoms with Crippen LogP contribution < -0.4 is 5.32 Å². The third-order valence-electron chi connectivity index (χ3n) is 3.10. The average Bonchev–Trinajstić information content (AvgIpc) is 2.87. The fourth-order valence-electron chi connectivity index (χ4n) is 1.96. The van der Waals surface area contributed by atoms with Crippen LogP contribution in [-0.2, 0) is 13.1 Å². The van der Waals surface area contributed by atoms with Crippen molar-refractivity contribution in [1.82, 2.24) is 20.1 Å². The predicted octanol–water partition coefficient (Wildman–Crippen LogP) is 2.89. The second kappa shape index (κ2) is 5.43. The van der Waals surface area contributed by atoms with Crippen molar-refractivity contribution in [3.63, 3.8) is 0 Å². The Labute approximate surface area is 118 Å². The van der Waals surface area contributed by atoms with Crippen LogP contribution in [0.2, 0.25) is 0 Å². The summed E-state index contributed by atoms with van der Waals surface area (Å²) in [5.41, 5.74) is 3.75. The molecule has 0 fully saturated rings. The number of thiazole rings is 1. The SMILES string of the molecule is Cc1nn(Cc2nccs2)c(C)c1CNC(C)(C)C. The van der Waals surface area contributed by atoms with Gasteiger partial charge in [0.2, 0.25) is 0 Å². The zero-order chi connectivity index (χ0) is 14.0. The van der Waals surface area contributed by atoms with Gasteiger partial charge >= 0.3 is 0 Å². The number of nitrogens with zero attached hydrogens (tertiary/aromatic N) is 3. The molecule has 0 bridgehead atoms. The quantitative estimate of drug-likeness (QED) is 0.935. The van der Waals surface area contributed by atoms with Crippen molar-refractivity contribution >= 4 is 11.3 Å². The van der Waals surface area contributed by atoms with Crippen LogP contribution in [0.3, 0.4) is 0 Å². The smallest absolute Gasteiger partial charge is 0.114 e. The third-order valence-corrected chi connectivity index (χ3v) is 3.86. The molecular weight excluding hydrogens is 256 g/mol. The van der Waals surface area contributed by atoms with Crippen LogP contribution in [-0.4, -0.2) is 20.3 Å². The highest BCUT2D eigenvalue weighted by Crippen LogP contribution is 2.16. The minimum Gasteiger partial charge on any atom is -0.308 e. The zero-order valence-electron chi connectivity index (χ0n) is 12.3. The topological polar surface area (TPSA) is 42.7 Å². The van der Waals surface area contributed by atoms with Gasteiger partial charge in [0.15, 0.2) is 0 Å². The minimum absolute atomic E-state index is 0.121. The molecular formula is C14H22N4S. The summed E-state index contributed by atoms with van der Waals surface area (Å²) in [7, 11) is 0. The molecule has 0 saturated heterocycles. The lowest BCUT2D eigenvalue weighted by atomic mass is 10.1. The number of nitrogens with one attached hydrogen (secondary N) is 1. The molecule has 5 heteroatoms. The summed E-state index contributed by atoms with van der Waals surface area (Å²) in [6.45, 7) is 12.4. The van der Waals surface area contributed by atoms with E-state index in [2.05, 4.69) is 50.0 Å². The molecule has 2 aromatic rings. The van der Waals surface area contributed by atoms with Crippen LogP contribution in [0.25, 0.3) is 0 Å². The van der Waals surface area contributed by atoms with Crippen molar-refractivity contribution in [2.75, 3.05) is 0 Å². The molecule has 0 aliphatic heterocycles. The Kier molecular flexibility index (Phi) is 4.06. The summed E-state index contributed by atoms with van der Waals surface area (Å²) in [5.74, 6) is 0. The van der Waals surface area contributed by atoms with Crippen molar-refractivity contribution in [1.29, 1.82) is 0 Å². The number of hydrogen-bond acceptors (Lipinski definition) is 4. The largest absolute Gasteiger partial charge is 0.308 e. The van der Waals surface area contributed by atoms with Gasteiger partial charge in [0.25, 0.3) is 0 Å². The Balaban J connectivity index is 2.15. The Morgan fingerprint density at radius 2 is 2.05 bits per heavy atom. The molecule has 0 aliphatic carbocycles. The van der Waals surface area contributed by atoms with Crippen molar-refractivity contribution in [3.8, 4) is 0 Å². The van der Waals surface area contributed by atoms with Gasteiger partial charge in [0.1, 0.15) is 5.01 Å². The van der Waals surface area contributed by atoms with Crippen LogP contribution in [0.4, 0.5) is 0 Å². The number of aryl methyl sites for hydroxylation is 1.